The zero-order valence-electron chi connectivity index (χ0n) is 17.1. The van der Waals surface area contributed by atoms with E-state index in [4.69, 9.17) is 5.73 Å². The number of halogens is 1. The fourth-order valence-corrected chi connectivity index (χ4v) is 4.68. The second-order valence-corrected chi connectivity index (χ2v) is 8.58. The summed E-state index contributed by atoms with van der Waals surface area (Å²) in [5.74, 6) is -0.493. The Hall–Kier alpha value is -3.04. The maximum atomic E-state index is 14.1. The summed E-state index contributed by atoms with van der Waals surface area (Å²) in [7, 11) is 0. The van der Waals surface area contributed by atoms with Crippen molar-refractivity contribution in [1.82, 2.24) is 9.97 Å². The zero-order chi connectivity index (χ0) is 22.0. The Morgan fingerprint density at radius 2 is 2.23 bits per heavy atom. The van der Waals surface area contributed by atoms with E-state index in [9.17, 15) is 14.3 Å². The first-order valence-corrected chi connectivity index (χ1v) is 11.0. The van der Waals surface area contributed by atoms with Crippen molar-refractivity contribution in [1.29, 1.82) is 0 Å². The number of pyridine rings is 1. The number of carbonyl (C=O) groups is 1. The van der Waals surface area contributed by atoms with Gasteiger partial charge in [0.2, 0.25) is 0 Å². The Morgan fingerprint density at radius 3 is 3.03 bits per heavy atom. The molecule has 0 radical (unpaired) electrons. The van der Waals surface area contributed by atoms with Gasteiger partial charge >= 0.3 is 0 Å². The SMILES string of the molecule is CCC1CC(N)CN(c2ccncc2NC(=O)c2csc(-c3cc(O)ccc3F)n2)C1. The van der Waals surface area contributed by atoms with Crippen LogP contribution in [-0.4, -0.2) is 40.1 Å². The highest BCUT2D eigenvalue weighted by Gasteiger charge is 2.26. The summed E-state index contributed by atoms with van der Waals surface area (Å²) in [4.78, 5) is 23.4. The van der Waals surface area contributed by atoms with Gasteiger partial charge in [-0.3, -0.25) is 9.78 Å². The zero-order valence-corrected chi connectivity index (χ0v) is 17.9. The molecule has 1 aliphatic rings. The lowest BCUT2D eigenvalue weighted by Gasteiger charge is -2.38. The molecule has 2 atom stereocenters. The molecule has 1 aliphatic heterocycles. The van der Waals surface area contributed by atoms with Gasteiger partial charge in [-0.25, -0.2) is 9.37 Å². The number of thiazole rings is 1. The molecular weight excluding hydrogens is 417 g/mol. The number of nitrogens with two attached hydrogens (primary N) is 1. The molecule has 0 saturated carbocycles. The molecule has 1 fully saturated rings. The highest BCUT2D eigenvalue weighted by atomic mass is 32.1. The Kier molecular flexibility index (Phi) is 6.15. The monoisotopic (exact) mass is 441 g/mol. The number of aromatic hydroxyl groups is 1. The summed E-state index contributed by atoms with van der Waals surface area (Å²) in [5.41, 5.74) is 8.01. The summed E-state index contributed by atoms with van der Waals surface area (Å²) in [6.07, 6.45) is 5.34. The maximum absolute atomic E-state index is 14.1. The number of phenols is 1. The number of phenolic OH excluding ortho intramolecular Hbond substituents is 1. The van der Waals surface area contributed by atoms with Gasteiger partial charge in [0.25, 0.3) is 5.91 Å². The van der Waals surface area contributed by atoms with Crippen LogP contribution in [-0.2, 0) is 0 Å². The molecule has 31 heavy (non-hydrogen) atoms. The number of nitrogens with one attached hydrogen (secondary N) is 1. The van der Waals surface area contributed by atoms with Crippen LogP contribution in [0.25, 0.3) is 10.6 Å². The molecule has 2 aromatic heterocycles. The molecule has 3 heterocycles. The molecule has 0 bridgehead atoms. The fraction of sp³-hybridized carbons (Fsp3) is 0.318. The molecule has 4 rings (SSSR count). The Bertz CT molecular complexity index is 1090. The molecule has 0 spiro atoms. The van der Waals surface area contributed by atoms with Crippen molar-refractivity contribution >= 4 is 28.6 Å². The van der Waals surface area contributed by atoms with Gasteiger partial charge in [-0.05, 0) is 36.6 Å². The average molecular weight is 442 g/mol. The molecule has 1 aromatic carbocycles. The predicted octanol–water partition coefficient (Wildman–Crippen LogP) is 3.87. The molecule has 4 N–H and O–H groups in total. The van der Waals surface area contributed by atoms with Crippen LogP contribution in [0.1, 0.15) is 30.3 Å². The minimum atomic E-state index is -0.513. The second-order valence-electron chi connectivity index (χ2n) is 7.72. The topological polar surface area (TPSA) is 104 Å². The van der Waals surface area contributed by atoms with E-state index in [0.717, 1.165) is 36.4 Å². The summed E-state index contributed by atoms with van der Waals surface area (Å²) < 4.78 is 14.1. The van der Waals surface area contributed by atoms with Crippen LogP contribution >= 0.6 is 11.3 Å². The van der Waals surface area contributed by atoms with Gasteiger partial charge in [0, 0.05) is 36.3 Å². The third-order valence-corrected chi connectivity index (χ3v) is 6.33. The number of anilines is 2. The summed E-state index contributed by atoms with van der Waals surface area (Å²) in [6.45, 7) is 3.74. The van der Waals surface area contributed by atoms with Gasteiger partial charge in [0.15, 0.2) is 0 Å². The number of hydrogen-bond acceptors (Lipinski definition) is 7. The maximum Gasteiger partial charge on any atom is 0.275 e. The highest BCUT2D eigenvalue weighted by molar-refractivity contribution is 7.13. The number of nitrogens with zero attached hydrogens (tertiary/aromatic N) is 3. The van der Waals surface area contributed by atoms with Crippen LogP contribution in [0.5, 0.6) is 5.75 Å². The summed E-state index contributed by atoms with van der Waals surface area (Å²) >= 11 is 1.13. The second kappa shape index (κ2) is 8.99. The van der Waals surface area contributed by atoms with Gasteiger partial charge in [-0.1, -0.05) is 13.3 Å². The van der Waals surface area contributed by atoms with Gasteiger partial charge in [-0.2, -0.15) is 0 Å². The van der Waals surface area contributed by atoms with Crippen molar-refractivity contribution in [3.05, 3.63) is 53.6 Å². The molecule has 1 amide bonds. The van der Waals surface area contributed by atoms with Crippen molar-refractivity contribution in [2.24, 2.45) is 11.7 Å². The van der Waals surface area contributed by atoms with E-state index in [1.54, 1.807) is 17.8 Å². The fourth-order valence-electron chi connectivity index (χ4n) is 3.86. The molecule has 0 aliphatic carbocycles. The van der Waals surface area contributed by atoms with Gasteiger partial charge in [0.05, 0.1) is 17.6 Å². The van der Waals surface area contributed by atoms with Gasteiger partial charge in [-0.15, -0.1) is 11.3 Å². The van der Waals surface area contributed by atoms with Crippen LogP contribution in [0.15, 0.2) is 42.0 Å². The van der Waals surface area contributed by atoms with E-state index in [2.05, 4.69) is 27.1 Å². The third-order valence-electron chi connectivity index (χ3n) is 5.45. The number of amides is 1. The number of aromatic nitrogens is 2. The van der Waals surface area contributed by atoms with E-state index >= 15 is 0 Å². The van der Waals surface area contributed by atoms with Crippen molar-refractivity contribution in [3.8, 4) is 16.3 Å². The van der Waals surface area contributed by atoms with Crippen molar-refractivity contribution in [2.45, 2.75) is 25.8 Å². The molecule has 7 nitrogen and oxygen atoms in total. The van der Waals surface area contributed by atoms with Crippen molar-refractivity contribution in [2.75, 3.05) is 23.3 Å². The first-order valence-electron chi connectivity index (χ1n) is 10.1. The van der Waals surface area contributed by atoms with E-state index in [1.165, 1.54) is 18.2 Å². The Labute approximate surface area is 183 Å². The lowest BCUT2D eigenvalue weighted by atomic mass is 9.92. The largest absolute Gasteiger partial charge is 0.508 e. The molecular formula is C22H24FN5O2S. The Morgan fingerprint density at radius 1 is 1.39 bits per heavy atom. The number of rotatable bonds is 5. The van der Waals surface area contributed by atoms with Crippen LogP contribution in [0.3, 0.4) is 0 Å². The standard InChI is InChI=1S/C22H24FN5O2S/c1-2-13-7-14(24)11-28(10-13)20-5-6-25-9-18(20)26-21(30)19-12-31-22(27-19)16-8-15(29)3-4-17(16)23/h3-6,8-9,12-14,29H,2,7,10-11,24H2,1H3,(H,26,30). The van der Waals surface area contributed by atoms with E-state index in [0.29, 0.717) is 23.2 Å². The van der Waals surface area contributed by atoms with Crippen LogP contribution in [0, 0.1) is 11.7 Å². The first-order chi connectivity index (χ1) is 14.9. The third kappa shape index (κ3) is 4.67. The summed E-state index contributed by atoms with van der Waals surface area (Å²) in [6, 6.07) is 5.67. The van der Waals surface area contributed by atoms with Crippen LogP contribution < -0.4 is 16.0 Å². The number of piperidine rings is 1. The molecule has 9 heteroatoms. The predicted molar refractivity (Wildman–Crippen MR) is 120 cm³/mol. The molecule has 162 valence electrons. The Balaban J connectivity index is 1.55. The van der Waals surface area contributed by atoms with E-state index < -0.39 is 11.7 Å². The van der Waals surface area contributed by atoms with E-state index in [-0.39, 0.29) is 23.0 Å². The molecule has 3 aromatic rings. The minimum Gasteiger partial charge on any atom is -0.508 e. The number of carbonyl (C=O) groups excluding carboxylic acids is 1. The normalized spacial score (nSPS) is 18.7. The van der Waals surface area contributed by atoms with Gasteiger partial charge in [0.1, 0.15) is 22.3 Å². The average Bonchev–Trinajstić information content (AvgIpc) is 3.25. The summed E-state index contributed by atoms with van der Waals surface area (Å²) in [5, 5.41) is 14.4. The van der Waals surface area contributed by atoms with Gasteiger partial charge < -0.3 is 21.1 Å². The number of hydrogen-bond donors (Lipinski definition) is 3. The quantitative estimate of drug-likeness (QED) is 0.555. The van der Waals surface area contributed by atoms with Crippen molar-refractivity contribution in [3.63, 3.8) is 0 Å². The van der Waals surface area contributed by atoms with E-state index in [1.807, 2.05) is 6.07 Å². The lowest BCUT2D eigenvalue weighted by Crippen LogP contribution is -2.47. The lowest BCUT2D eigenvalue weighted by molar-refractivity contribution is 0.102. The highest BCUT2D eigenvalue weighted by Crippen LogP contribution is 2.32. The van der Waals surface area contributed by atoms with Crippen molar-refractivity contribution < 1.29 is 14.3 Å². The first kappa shape index (κ1) is 21.2. The van der Waals surface area contributed by atoms with Crippen LogP contribution in [0.4, 0.5) is 15.8 Å². The smallest absolute Gasteiger partial charge is 0.275 e. The van der Waals surface area contributed by atoms with Crippen LogP contribution in [0.2, 0.25) is 0 Å². The molecule has 2 unspecified atom stereocenters. The molecule has 1 saturated heterocycles. The number of benzene rings is 1. The minimum absolute atomic E-state index is 0.0669.